The van der Waals surface area contributed by atoms with Gasteiger partial charge in [0, 0.05) is 10.9 Å². The molecule has 0 N–H and O–H groups in total. The highest BCUT2D eigenvalue weighted by Crippen LogP contribution is 2.23. The Kier molecular flexibility index (Phi) is 4.57. The Morgan fingerprint density at radius 3 is 2.36 bits per heavy atom. The average molecular weight is 376 g/mol. The van der Waals surface area contributed by atoms with Crippen molar-refractivity contribution in [1.29, 1.82) is 0 Å². The van der Waals surface area contributed by atoms with Gasteiger partial charge >= 0.3 is 0 Å². The van der Waals surface area contributed by atoms with Gasteiger partial charge in [0.2, 0.25) is 0 Å². The number of Topliss-reactive ketones (excluding diaryl/α,β-unsaturated/α-hetero) is 1. The van der Waals surface area contributed by atoms with Gasteiger partial charge in [-0.05, 0) is 24.3 Å². The number of fused-ring (bicyclic) bond motifs is 1. The number of halogens is 2. The Morgan fingerprint density at radius 1 is 1.04 bits per heavy atom. The third kappa shape index (κ3) is 3.26. The standard InChI is InChI=1S/C17H10Cl2N2O4/c18-12-6-5-9(7-13(12)19)14(22)8-21-16(23)11-4-2-1-3-10(11)15(20-21)17(24)25/h1-7H,8H2,(H,24,25)/p-1. The molecule has 2 aromatic carbocycles. The Bertz CT molecular complexity index is 1080. The molecule has 0 bridgehead atoms. The fourth-order valence-electron chi connectivity index (χ4n) is 2.39. The van der Waals surface area contributed by atoms with E-state index >= 15 is 0 Å². The molecular formula is C17H9Cl2N2O4-. The van der Waals surface area contributed by atoms with Crippen molar-refractivity contribution < 1.29 is 14.7 Å². The first-order chi connectivity index (χ1) is 11.9. The Morgan fingerprint density at radius 2 is 1.72 bits per heavy atom. The highest BCUT2D eigenvalue weighted by molar-refractivity contribution is 6.42. The molecule has 0 spiro atoms. The zero-order chi connectivity index (χ0) is 18.1. The molecule has 0 saturated carbocycles. The van der Waals surface area contributed by atoms with Crippen LogP contribution >= 0.6 is 23.2 Å². The fraction of sp³-hybridized carbons (Fsp3) is 0.0588. The van der Waals surface area contributed by atoms with Gasteiger partial charge in [0.05, 0.1) is 21.4 Å². The monoisotopic (exact) mass is 375 g/mol. The van der Waals surface area contributed by atoms with Crippen LogP contribution in [0.2, 0.25) is 10.0 Å². The van der Waals surface area contributed by atoms with Crippen LogP contribution in [0.4, 0.5) is 0 Å². The van der Waals surface area contributed by atoms with Crippen LogP contribution in [0.1, 0.15) is 20.8 Å². The van der Waals surface area contributed by atoms with E-state index in [1.807, 2.05) is 0 Å². The minimum atomic E-state index is -1.54. The molecule has 0 saturated heterocycles. The SMILES string of the molecule is O=C(Cn1nc(C(=O)[O-])c2ccccc2c1=O)c1ccc(Cl)c(Cl)c1. The molecule has 1 aromatic heterocycles. The summed E-state index contributed by atoms with van der Waals surface area (Å²) in [4.78, 5) is 36.2. The molecule has 0 aliphatic rings. The molecule has 8 heteroatoms. The van der Waals surface area contributed by atoms with Gasteiger partial charge in [-0.3, -0.25) is 9.59 Å². The van der Waals surface area contributed by atoms with Gasteiger partial charge in [0.15, 0.2) is 5.78 Å². The van der Waals surface area contributed by atoms with E-state index in [0.717, 1.165) is 4.68 Å². The van der Waals surface area contributed by atoms with E-state index in [1.54, 1.807) is 12.1 Å². The number of ketones is 1. The maximum atomic E-state index is 12.5. The Balaban J connectivity index is 2.08. The Hall–Kier alpha value is -2.70. The molecule has 0 amide bonds. The smallest absolute Gasteiger partial charge is 0.275 e. The summed E-state index contributed by atoms with van der Waals surface area (Å²) in [5, 5.41) is 15.9. The van der Waals surface area contributed by atoms with Crippen molar-refractivity contribution in [3.05, 3.63) is 74.1 Å². The summed E-state index contributed by atoms with van der Waals surface area (Å²) >= 11 is 11.7. The van der Waals surface area contributed by atoms with Crippen LogP contribution in [0.3, 0.4) is 0 Å². The van der Waals surface area contributed by atoms with Crippen molar-refractivity contribution >= 4 is 45.7 Å². The van der Waals surface area contributed by atoms with Crippen LogP contribution in [0.25, 0.3) is 10.8 Å². The maximum Gasteiger partial charge on any atom is 0.275 e. The first-order valence-corrected chi connectivity index (χ1v) is 7.83. The van der Waals surface area contributed by atoms with Crippen molar-refractivity contribution in [3.63, 3.8) is 0 Å². The van der Waals surface area contributed by atoms with Crippen LogP contribution in [-0.4, -0.2) is 21.5 Å². The number of aromatic carboxylic acids is 1. The molecule has 0 radical (unpaired) electrons. The van der Waals surface area contributed by atoms with E-state index in [0.29, 0.717) is 5.02 Å². The van der Waals surface area contributed by atoms with Crippen molar-refractivity contribution in [3.8, 4) is 0 Å². The molecular weight excluding hydrogens is 367 g/mol. The third-order valence-electron chi connectivity index (χ3n) is 3.60. The predicted molar refractivity (Wildman–Crippen MR) is 91.1 cm³/mol. The number of carboxylic acid groups (broad SMARTS) is 1. The molecule has 0 unspecified atom stereocenters. The zero-order valence-corrected chi connectivity index (χ0v) is 14.0. The number of hydrogen-bond acceptors (Lipinski definition) is 5. The summed E-state index contributed by atoms with van der Waals surface area (Å²) < 4.78 is 0.804. The number of carboxylic acids is 1. The zero-order valence-electron chi connectivity index (χ0n) is 12.5. The number of carbonyl (C=O) groups is 2. The molecule has 25 heavy (non-hydrogen) atoms. The van der Waals surface area contributed by atoms with Gasteiger partial charge in [-0.1, -0.05) is 41.4 Å². The number of aromatic nitrogens is 2. The summed E-state index contributed by atoms with van der Waals surface area (Å²) in [5.74, 6) is -2.00. The minimum absolute atomic E-state index is 0.138. The fourth-order valence-corrected chi connectivity index (χ4v) is 2.69. The molecule has 3 aromatic rings. The molecule has 6 nitrogen and oxygen atoms in total. The summed E-state index contributed by atoms with van der Waals surface area (Å²) in [6, 6.07) is 10.4. The first-order valence-electron chi connectivity index (χ1n) is 7.08. The van der Waals surface area contributed by atoms with Crippen LogP contribution in [0.15, 0.2) is 47.3 Å². The van der Waals surface area contributed by atoms with Crippen molar-refractivity contribution in [2.45, 2.75) is 6.54 Å². The van der Waals surface area contributed by atoms with E-state index in [1.165, 1.54) is 30.3 Å². The largest absolute Gasteiger partial charge is 0.543 e. The van der Waals surface area contributed by atoms with Gasteiger partial charge in [0.25, 0.3) is 5.56 Å². The number of nitrogens with zero attached hydrogens (tertiary/aromatic N) is 2. The van der Waals surface area contributed by atoms with Gasteiger partial charge in [-0.25, -0.2) is 4.68 Å². The lowest BCUT2D eigenvalue weighted by molar-refractivity contribution is -0.255. The van der Waals surface area contributed by atoms with E-state index in [-0.39, 0.29) is 21.4 Å². The minimum Gasteiger partial charge on any atom is -0.543 e. The van der Waals surface area contributed by atoms with E-state index in [4.69, 9.17) is 23.2 Å². The summed E-state index contributed by atoms with van der Waals surface area (Å²) in [5.41, 5.74) is -0.752. The third-order valence-corrected chi connectivity index (χ3v) is 4.34. The normalized spacial score (nSPS) is 10.8. The summed E-state index contributed by atoms with van der Waals surface area (Å²) in [7, 11) is 0. The van der Waals surface area contributed by atoms with Gasteiger partial charge in [-0.15, -0.1) is 0 Å². The summed E-state index contributed by atoms with van der Waals surface area (Å²) in [6.45, 7) is -0.443. The van der Waals surface area contributed by atoms with Gasteiger partial charge < -0.3 is 9.90 Å². The van der Waals surface area contributed by atoms with Crippen LogP contribution in [-0.2, 0) is 6.54 Å². The molecule has 0 aliphatic carbocycles. The average Bonchev–Trinajstić information content (AvgIpc) is 2.59. The van der Waals surface area contributed by atoms with E-state index < -0.39 is 29.6 Å². The topological polar surface area (TPSA) is 92.1 Å². The van der Waals surface area contributed by atoms with Crippen molar-refractivity contribution in [2.75, 3.05) is 0 Å². The van der Waals surface area contributed by atoms with E-state index in [2.05, 4.69) is 5.10 Å². The maximum absolute atomic E-state index is 12.5. The number of rotatable bonds is 4. The van der Waals surface area contributed by atoms with E-state index in [9.17, 15) is 19.5 Å². The van der Waals surface area contributed by atoms with Crippen molar-refractivity contribution in [2.24, 2.45) is 0 Å². The van der Waals surface area contributed by atoms with Crippen LogP contribution < -0.4 is 10.7 Å². The molecule has 1 heterocycles. The molecule has 126 valence electrons. The first kappa shape index (κ1) is 17.1. The molecule has 3 rings (SSSR count). The van der Waals surface area contributed by atoms with Crippen molar-refractivity contribution in [1.82, 2.24) is 9.78 Å². The highest BCUT2D eigenvalue weighted by atomic mass is 35.5. The van der Waals surface area contributed by atoms with Gasteiger partial charge in [-0.2, -0.15) is 5.10 Å². The van der Waals surface area contributed by atoms with Crippen LogP contribution in [0, 0.1) is 0 Å². The second-order valence-corrected chi connectivity index (χ2v) is 6.01. The lowest BCUT2D eigenvalue weighted by atomic mass is 10.1. The Labute approximate surface area is 151 Å². The number of carbonyl (C=O) groups excluding carboxylic acids is 2. The predicted octanol–water partition coefficient (Wildman–Crippen LogP) is 1.95. The number of benzene rings is 2. The lowest BCUT2D eigenvalue weighted by Crippen LogP contribution is -2.32. The number of hydrogen-bond donors (Lipinski definition) is 0. The second-order valence-electron chi connectivity index (χ2n) is 5.20. The molecule has 0 atom stereocenters. The lowest BCUT2D eigenvalue weighted by Gasteiger charge is -2.11. The van der Waals surface area contributed by atoms with Crippen LogP contribution in [0.5, 0.6) is 0 Å². The second kappa shape index (κ2) is 6.66. The summed E-state index contributed by atoms with van der Waals surface area (Å²) in [6.07, 6.45) is 0. The molecule has 0 fully saturated rings. The van der Waals surface area contributed by atoms with Gasteiger partial charge in [0.1, 0.15) is 12.2 Å². The molecule has 0 aliphatic heterocycles. The quantitative estimate of drug-likeness (QED) is 0.649. The highest BCUT2D eigenvalue weighted by Gasteiger charge is 2.15.